The number of nitrogens with zero attached hydrogens (tertiary/aromatic N) is 6. The highest BCUT2D eigenvalue weighted by atomic mass is 19.1. The van der Waals surface area contributed by atoms with Crippen LogP contribution in [0.25, 0.3) is 16.7 Å². The standard InChI is InChI=1S/C27H30FN7O3/c1-16-13-35-14-17(12-20(28)24(35)31-16)32-25(36)19-6-7-21(23-22(19)29-9-10-30-23)34-11-8-18(15-34)33(5)26(37)38-27(2,3)4/h6-7,9-10,12-14,18H,8,11,15H2,1-5H3,(H,32,36). The third-order valence-electron chi connectivity index (χ3n) is 6.47. The molecule has 10 nitrogen and oxygen atoms in total. The first-order chi connectivity index (χ1) is 18.0. The van der Waals surface area contributed by atoms with Gasteiger partial charge in [-0.1, -0.05) is 0 Å². The molecule has 1 fully saturated rings. The average Bonchev–Trinajstić information content (AvgIpc) is 3.48. The minimum Gasteiger partial charge on any atom is -0.444 e. The van der Waals surface area contributed by atoms with Gasteiger partial charge in [-0.05, 0) is 46.2 Å². The lowest BCUT2D eigenvalue weighted by Gasteiger charge is -2.29. The SMILES string of the molecule is Cc1cn2cc(NC(=O)c3ccc(N4CCC(N(C)C(=O)OC(C)(C)C)C4)c4nccnc34)cc(F)c2n1. The summed E-state index contributed by atoms with van der Waals surface area (Å²) < 4.78 is 21.6. The number of halogens is 1. The molecular weight excluding hydrogens is 489 g/mol. The van der Waals surface area contributed by atoms with Crippen LogP contribution >= 0.6 is 0 Å². The van der Waals surface area contributed by atoms with E-state index < -0.39 is 17.3 Å². The highest BCUT2D eigenvalue weighted by Crippen LogP contribution is 2.31. The number of nitrogens with one attached hydrogen (secondary N) is 1. The predicted octanol–water partition coefficient (Wildman–Crippen LogP) is 4.42. The fourth-order valence-electron chi connectivity index (χ4n) is 4.69. The summed E-state index contributed by atoms with van der Waals surface area (Å²) in [6.45, 7) is 8.60. The number of amides is 2. The van der Waals surface area contributed by atoms with Gasteiger partial charge in [0.1, 0.15) is 16.6 Å². The van der Waals surface area contributed by atoms with E-state index >= 15 is 0 Å². The molecule has 198 valence electrons. The van der Waals surface area contributed by atoms with E-state index in [1.54, 1.807) is 47.9 Å². The summed E-state index contributed by atoms with van der Waals surface area (Å²) in [4.78, 5) is 42.7. The number of ether oxygens (including phenoxy) is 1. The van der Waals surface area contributed by atoms with Crippen molar-refractivity contribution in [1.29, 1.82) is 0 Å². The summed E-state index contributed by atoms with van der Waals surface area (Å²) in [5.41, 5.74) is 2.76. The average molecular weight is 520 g/mol. The minimum absolute atomic E-state index is 0.0313. The number of likely N-dealkylation sites (N-methyl/N-ethyl adjacent to an activating group) is 1. The highest BCUT2D eigenvalue weighted by Gasteiger charge is 2.32. The van der Waals surface area contributed by atoms with Gasteiger partial charge in [-0.3, -0.25) is 14.8 Å². The van der Waals surface area contributed by atoms with Crippen LogP contribution in [0, 0.1) is 12.7 Å². The van der Waals surface area contributed by atoms with Crippen LogP contribution in [-0.4, -0.2) is 68.0 Å². The highest BCUT2D eigenvalue weighted by molar-refractivity contribution is 6.13. The summed E-state index contributed by atoms with van der Waals surface area (Å²) in [5.74, 6) is -0.961. The van der Waals surface area contributed by atoms with Gasteiger partial charge in [-0.2, -0.15) is 0 Å². The quantitative estimate of drug-likeness (QED) is 0.425. The summed E-state index contributed by atoms with van der Waals surface area (Å²) in [6.07, 6.45) is 6.82. The monoisotopic (exact) mass is 519 g/mol. The second-order valence-electron chi connectivity index (χ2n) is 10.5. The zero-order valence-corrected chi connectivity index (χ0v) is 22.0. The van der Waals surface area contributed by atoms with Crippen LogP contribution in [-0.2, 0) is 4.74 Å². The predicted molar refractivity (Wildman–Crippen MR) is 142 cm³/mol. The number of aryl methyl sites for hydroxylation is 1. The van der Waals surface area contributed by atoms with Gasteiger partial charge in [0.15, 0.2) is 11.5 Å². The lowest BCUT2D eigenvalue weighted by molar-refractivity contribution is 0.0237. The lowest BCUT2D eigenvalue weighted by Crippen LogP contribution is -2.42. The van der Waals surface area contributed by atoms with Crippen molar-refractivity contribution in [3.63, 3.8) is 0 Å². The van der Waals surface area contributed by atoms with E-state index in [-0.39, 0.29) is 17.8 Å². The Hall–Kier alpha value is -4.28. The molecule has 0 bridgehead atoms. The Bertz CT molecular complexity index is 1550. The second kappa shape index (κ2) is 9.55. The molecule has 0 spiro atoms. The van der Waals surface area contributed by atoms with Gasteiger partial charge >= 0.3 is 6.09 Å². The van der Waals surface area contributed by atoms with Crippen molar-refractivity contribution in [1.82, 2.24) is 24.3 Å². The normalized spacial score (nSPS) is 15.7. The van der Waals surface area contributed by atoms with Gasteiger partial charge in [0.05, 0.1) is 28.7 Å². The van der Waals surface area contributed by atoms with E-state index in [0.717, 1.165) is 12.1 Å². The topological polar surface area (TPSA) is 105 Å². The lowest BCUT2D eigenvalue weighted by atomic mass is 10.1. The molecule has 3 aromatic heterocycles. The number of fused-ring (bicyclic) bond motifs is 2. The Morgan fingerprint density at radius 3 is 2.63 bits per heavy atom. The number of imidazole rings is 1. The molecule has 2 amide bonds. The Balaban J connectivity index is 1.38. The molecule has 0 radical (unpaired) electrons. The molecule has 1 aliphatic heterocycles. The zero-order valence-electron chi connectivity index (χ0n) is 22.0. The fourth-order valence-corrected chi connectivity index (χ4v) is 4.69. The largest absolute Gasteiger partial charge is 0.444 e. The Kier molecular flexibility index (Phi) is 6.38. The van der Waals surface area contributed by atoms with Gasteiger partial charge in [-0.25, -0.2) is 14.2 Å². The van der Waals surface area contributed by atoms with Crippen molar-refractivity contribution < 1.29 is 18.7 Å². The van der Waals surface area contributed by atoms with Crippen molar-refractivity contribution in [2.45, 2.75) is 45.8 Å². The second-order valence-corrected chi connectivity index (χ2v) is 10.5. The van der Waals surface area contributed by atoms with Crippen molar-refractivity contribution in [3.8, 4) is 0 Å². The number of aromatic nitrogens is 4. The summed E-state index contributed by atoms with van der Waals surface area (Å²) in [5, 5.41) is 2.77. The fraction of sp³-hybridized carbons (Fsp3) is 0.370. The van der Waals surface area contributed by atoms with Crippen molar-refractivity contribution >= 4 is 40.1 Å². The third-order valence-corrected chi connectivity index (χ3v) is 6.47. The summed E-state index contributed by atoms with van der Waals surface area (Å²) in [6, 6.07) is 4.75. The maximum Gasteiger partial charge on any atom is 0.410 e. The molecule has 1 N–H and O–H groups in total. The van der Waals surface area contributed by atoms with Crippen LogP contribution in [0.15, 0.2) is 43.0 Å². The summed E-state index contributed by atoms with van der Waals surface area (Å²) >= 11 is 0. The third kappa shape index (κ3) is 4.96. The number of hydrogen-bond acceptors (Lipinski definition) is 7. The molecule has 1 unspecified atom stereocenters. The van der Waals surface area contributed by atoms with E-state index in [0.29, 0.717) is 41.1 Å². The van der Waals surface area contributed by atoms with E-state index in [4.69, 9.17) is 4.74 Å². The molecule has 0 aliphatic carbocycles. The van der Waals surface area contributed by atoms with Crippen LogP contribution in [0.3, 0.4) is 0 Å². The zero-order chi connectivity index (χ0) is 27.2. The van der Waals surface area contributed by atoms with Crippen molar-refractivity contribution in [2.75, 3.05) is 30.4 Å². The van der Waals surface area contributed by atoms with Gasteiger partial charge < -0.3 is 24.3 Å². The molecule has 0 saturated carbocycles. The molecule has 38 heavy (non-hydrogen) atoms. The Labute approximate surface area is 219 Å². The molecule has 5 rings (SSSR count). The first-order valence-corrected chi connectivity index (χ1v) is 12.4. The van der Waals surface area contributed by atoms with Crippen LogP contribution in [0.1, 0.15) is 43.2 Å². The van der Waals surface area contributed by atoms with Gasteiger partial charge in [0.2, 0.25) is 0 Å². The Morgan fingerprint density at radius 2 is 1.89 bits per heavy atom. The number of benzene rings is 1. The minimum atomic E-state index is -0.568. The number of rotatable bonds is 4. The van der Waals surface area contributed by atoms with Gasteiger partial charge in [0, 0.05) is 51.0 Å². The van der Waals surface area contributed by atoms with Crippen LogP contribution in [0.2, 0.25) is 0 Å². The number of hydrogen-bond donors (Lipinski definition) is 1. The molecule has 1 saturated heterocycles. The molecule has 1 aromatic carbocycles. The van der Waals surface area contributed by atoms with Gasteiger partial charge in [0.25, 0.3) is 5.91 Å². The first-order valence-electron chi connectivity index (χ1n) is 12.4. The number of carbonyl (C=O) groups is 2. The molecular formula is C27H30FN7O3. The van der Waals surface area contributed by atoms with E-state index in [1.165, 1.54) is 12.3 Å². The van der Waals surface area contributed by atoms with E-state index in [2.05, 4.69) is 25.2 Å². The van der Waals surface area contributed by atoms with Crippen molar-refractivity contribution in [2.24, 2.45) is 0 Å². The van der Waals surface area contributed by atoms with E-state index in [1.807, 2.05) is 26.8 Å². The number of pyridine rings is 1. The molecule has 1 atom stereocenters. The van der Waals surface area contributed by atoms with Crippen LogP contribution in [0.4, 0.5) is 20.6 Å². The molecule has 11 heteroatoms. The maximum absolute atomic E-state index is 14.5. The molecule has 1 aliphatic rings. The Morgan fingerprint density at radius 1 is 1.16 bits per heavy atom. The summed E-state index contributed by atoms with van der Waals surface area (Å²) in [7, 11) is 1.75. The van der Waals surface area contributed by atoms with E-state index in [9.17, 15) is 14.0 Å². The van der Waals surface area contributed by atoms with Gasteiger partial charge in [-0.15, -0.1) is 0 Å². The molecule has 4 aromatic rings. The number of anilines is 2. The smallest absolute Gasteiger partial charge is 0.410 e. The van der Waals surface area contributed by atoms with Crippen molar-refractivity contribution in [3.05, 3.63) is 60.1 Å². The van der Waals surface area contributed by atoms with Crippen LogP contribution in [0.5, 0.6) is 0 Å². The molecule has 4 heterocycles. The number of carbonyl (C=O) groups excluding carboxylic acids is 2. The maximum atomic E-state index is 14.5. The van der Waals surface area contributed by atoms with Crippen LogP contribution < -0.4 is 10.2 Å². The first kappa shape index (κ1) is 25.4.